The van der Waals surface area contributed by atoms with Gasteiger partial charge in [-0.1, -0.05) is 33.6 Å². The molecule has 0 amide bonds. The van der Waals surface area contributed by atoms with Crippen LogP contribution in [0.3, 0.4) is 0 Å². The minimum atomic E-state index is -0.372. The highest BCUT2D eigenvalue weighted by Crippen LogP contribution is 2.25. The van der Waals surface area contributed by atoms with Crippen LogP contribution < -0.4 is 0 Å². The Balaban J connectivity index is 3.05. The minimum Gasteiger partial charge on any atom is -0.205 e. The molecule has 1 aromatic carbocycles. The van der Waals surface area contributed by atoms with Gasteiger partial charge in [-0.15, -0.1) is 0 Å². The molecule has 60 valence electrons. The number of halogens is 3. The van der Waals surface area contributed by atoms with E-state index in [1.165, 1.54) is 6.07 Å². The summed E-state index contributed by atoms with van der Waals surface area (Å²) in [5.41, 5.74) is 0.983. The summed E-state index contributed by atoms with van der Waals surface area (Å²) >= 11 is 8.92. The van der Waals surface area contributed by atoms with Gasteiger partial charge in [-0.3, -0.25) is 0 Å². The predicted molar refractivity (Wildman–Crippen MR) is 48.8 cm³/mol. The van der Waals surface area contributed by atoms with Gasteiger partial charge in [-0.05, 0) is 24.6 Å². The molecule has 0 N–H and O–H groups in total. The van der Waals surface area contributed by atoms with Crippen molar-refractivity contribution in [3.63, 3.8) is 0 Å². The van der Waals surface area contributed by atoms with Crippen molar-refractivity contribution >= 4 is 27.5 Å². The van der Waals surface area contributed by atoms with Crippen molar-refractivity contribution < 1.29 is 4.39 Å². The third kappa shape index (κ3) is 2.17. The first-order valence-corrected chi connectivity index (χ1v) is 4.49. The second-order valence-electron chi connectivity index (χ2n) is 2.29. The van der Waals surface area contributed by atoms with Gasteiger partial charge in [0.2, 0.25) is 0 Å². The second-order valence-corrected chi connectivity index (χ2v) is 4.07. The van der Waals surface area contributed by atoms with Crippen molar-refractivity contribution in [2.75, 3.05) is 0 Å². The van der Waals surface area contributed by atoms with Gasteiger partial charge in [-0.25, -0.2) is 4.39 Å². The molecule has 0 aromatic heterocycles. The monoisotopic (exact) mass is 236 g/mol. The number of rotatable bonds is 1. The van der Waals surface area contributed by atoms with Crippen LogP contribution in [0.1, 0.15) is 17.3 Å². The maximum Gasteiger partial charge on any atom is 0.141 e. The van der Waals surface area contributed by atoms with Crippen LogP contribution >= 0.6 is 27.5 Å². The van der Waals surface area contributed by atoms with Gasteiger partial charge in [0.25, 0.3) is 0 Å². The van der Waals surface area contributed by atoms with Crippen LogP contribution in [-0.2, 0) is 0 Å². The molecule has 0 fully saturated rings. The van der Waals surface area contributed by atoms with Crippen molar-refractivity contribution in [2.45, 2.75) is 11.8 Å². The van der Waals surface area contributed by atoms with E-state index in [9.17, 15) is 4.39 Å². The van der Waals surface area contributed by atoms with Gasteiger partial charge < -0.3 is 0 Å². The van der Waals surface area contributed by atoms with E-state index in [2.05, 4.69) is 15.9 Å². The molecule has 0 aliphatic rings. The normalized spacial score (nSPS) is 13.1. The van der Waals surface area contributed by atoms with Crippen LogP contribution in [0.5, 0.6) is 0 Å². The van der Waals surface area contributed by atoms with Crippen molar-refractivity contribution in [3.05, 3.63) is 34.6 Å². The Morgan fingerprint density at radius 1 is 1.55 bits per heavy atom. The van der Waals surface area contributed by atoms with Gasteiger partial charge in [0.1, 0.15) is 5.82 Å². The number of benzene rings is 1. The third-order valence-corrected chi connectivity index (χ3v) is 2.22. The van der Waals surface area contributed by atoms with Crippen LogP contribution in [0.4, 0.5) is 4.39 Å². The smallest absolute Gasteiger partial charge is 0.141 e. The number of hydrogen-bond donors (Lipinski definition) is 0. The van der Waals surface area contributed by atoms with E-state index in [1.54, 1.807) is 12.1 Å². The average Bonchev–Trinajstić information content (AvgIpc) is 1.94. The first-order chi connectivity index (χ1) is 5.11. The molecular formula is C8H7BrClF. The lowest BCUT2D eigenvalue weighted by Crippen LogP contribution is -1.84. The zero-order valence-corrected chi connectivity index (χ0v) is 8.29. The SMILES string of the molecule is C[C@@H](Br)c1ccc(F)c(Cl)c1. The van der Waals surface area contributed by atoms with E-state index in [1.807, 2.05) is 6.92 Å². The van der Waals surface area contributed by atoms with Crippen LogP contribution in [0.15, 0.2) is 18.2 Å². The van der Waals surface area contributed by atoms with Crippen LogP contribution in [-0.4, -0.2) is 0 Å². The van der Waals surface area contributed by atoms with Gasteiger partial charge in [0, 0.05) is 4.83 Å². The molecular weight excluding hydrogens is 230 g/mol. The Bertz CT molecular complexity index is 260. The summed E-state index contributed by atoms with van der Waals surface area (Å²) in [6.45, 7) is 1.96. The maximum absolute atomic E-state index is 12.6. The molecule has 1 rings (SSSR count). The highest BCUT2D eigenvalue weighted by molar-refractivity contribution is 9.09. The quantitative estimate of drug-likeness (QED) is 0.649. The molecule has 0 nitrogen and oxygen atoms in total. The first kappa shape index (κ1) is 9.01. The zero-order valence-electron chi connectivity index (χ0n) is 5.94. The fourth-order valence-corrected chi connectivity index (χ4v) is 1.23. The van der Waals surface area contributed by atoms with Gasteiger partial charge >= 0.3 is 0 Å². The molecule has 0 spiro atoms. The second kappa shape index (κ2) is 3.55. The Hall–Kier alpha value is -0.0800. The summed E-state index contributed by atoms with van der Waals surface area (Å²) in [4.78, 5) is 0.209. The summed E-state index contributed by atoms with van der Waals surface area (Å²) in [6, 6.07) is 4.70. The molecule has 1 aromatic rings. The molecule has 0 aliphatic heterocycles. The summed E-state index contributed by atoms with van der Waals surface area (Å²) in [5, 5.41) is 0.175. The summed E-state index contributed by atoms with van der Waals surface area (Å²) in [5.74, 6) is -0.372. The Kier molecular flexibility index (Phi) is 2.90. The summed E-state index contributed by atoms with van der Waals surface area (Å²) < 4.78 is 12.6. The molecule has 3 heteroatoms. The Labute approximate surface area is 78.5 Å². The predicted octanol–water partition coefficient (Wildman–Crippen LogP) is 3.94. The zero-order chi connectivity index (χ0) is 8.43. The number of alkyl halides is 1. The minimum absolute atomic E-state index is 0.175. The fraction of sp³-hybridized carbons (Fsp3) is 0.250. The fourth-order valence-electron chi connectivity index (χ4n) is 0.760. The summed E-state index contributed by atoms with van der Waals surface area (Å²) in [7, 11) is 0. The molecule has 11 heavy (non-hydrogen) atoms. The van der Waals surface area contributed by atoms with Crippen LogP contribution in [0, 0.1) is 5.82 Å². The lowest BCUT2D eigenvalue weighted by atomic mass is 10.2. The van der Waals surface area contributed by atoms with Gasteiger partial charge in [0.15, 0.2) is 0 Å². The molecule has 0 saturated heterocycles. The topological polar surface area (TPSA) is 0 Å². The van der Waals surface area contributed by atoms with Crippen molar-refractivity contribution in [1.82, 2.24) is 0 Å². The van der Waals surface area contributed by atoms with E-state index in [0.29, 0.717) is 0 Å². The summed E-state index contributed by atoms with van der Waals surface area (Å²) in [6.07, 6.45) is 0. The van der Waals surface area contributed by atoms with E-state index < -0.39 is 0 Å². The van der Waals surface area contributed by atoms with E-state index >= 15 is 0 Å². The lowest BCUT2D eigenvalue weighted by molar-refractivity contribution is 0.627. The Morgan fingerprint density at radius 2 is 2.18 bits per heavy atom. The standard InChI is InChI=1S/C8H7BrClF/c1-5(9)6-2-3-8(11)7(10)4-6/h2-5H,1H3/t5-/m1/s1. The molecule has 0 bridgehead atoms. The molecule has 1 atom stereocenters. The molecule has 0 aliphatic carbocycles. The first-order valence-electron chi connectivity index (χ1n) is 3.20. The maximum atomic E-state index is 12.6. The molecule has 0 heterocycles. The number of hydrogen-bond acceptors (Lipinski definition) is 0. The van der Waals surface area contributed by atoms with E-state index in [0.717, 1.165) is 5.56 Å². The van der Waals surface area contributed by atoms with Gasteiger partial charge in [0.05, 0.1) is 5.02 Å². The molecule has 0 unspecified atom stereocenters. The molecule has 0 saturated carbocycles. The van der Waals surface area contributed by atoms with Crippen LogP contribution in [0.2, 0.25) is 5.02 Å². The van der Waals surface area contributed by atoms with E-state index in [-0.39, 0.29) is 15.7 Å². The Morgan fingerprint density at radius 3 is 2.64 bits per heavy atom. The third-order valence-electron chi connectivity index (χ3n) is 1.40. The van der Waals surface area contributed by atoms with Crippen molar-refractivity contribution in [3.8, 4) is 0 Å². The van der Waals surface area contributed by atoms with Crippen molar-refractivity contribution in [1.29, 1.82) is 0 Å². The highest BCUT2D eigenvalue weighted by atomic mass is 79.9. The van der Waals surface area contributed by atoms with E-state index in [4.69, 9.17) is 11.6 Å². The van der Waals surface area contributed by atoms with Gasteiger partial charge in [-0.2, -0.15) is 0 Å². The molecule has 0 radical (unpaired) electrons. The highest BCUT2D eigenvalue weighted by Gasteiger charge is 2.03. The van der Waals surface area contributed by atoms with Crippen LogP contribution in [0.25, 0.3) is 0 Å². The lowest BCUT2D eigenvalue weighted by Gasteiger charge is -2.03. The average molecular weight is 237 g/mol. The largest absolute Gasteiger partial charge is 0.205 e. The van der Waals surface area contributed by atoms with Crippen molar-refractivity contribution in [2.24, 2.45) is 0 Å².